The average Bonchev–Trinajstić information content (AvgIpc) is 1.98. The smallest absolute Gasteiger partial charge is 0.0575 e. The highest BCUT2D eigenvalue weighted by molar-refractivity contribution is 5.01. The molecule has 0 fully saturated rings. The Labute approximate surface area is 65.7 Å². The van der Waals surface area contributed by atoms with Crippen molar-refractivity contribution < 1.29 is 1.37 Å². The van der Waals surface area contributed by atoms with E-state index in [1.54, 1.807) is 0 Å². The zero-order chi connectivity index (χ0) is 8.10. The molecular formula is C10H18. The van der Waals surface area contributed by atoms with Gasteiger partial charge in [-0.05, 0) is 32.1 Å². The highest BCUT2D eigenvalue weighted by Gasteiger charge is 1.98. The molecule has 1 rings (SSSR count). The average molecular weight is 139 g/mol. The summed E-state index contributed by atoms with van der Waals surface area (Å²) in [7, 11) is 0. The molecule has 0 saturated heterocycles. The van der Waals surface area contributed by atoms with Crippen molar-refractivity contribution in [3.05, 3.63) is 11.6 Å². The first-order valence-corrected chi connectivity index (χ1v) is 4.52. The van der Waals surface area contributed by atoms with Gasteiger partial charge in [-0.1, -0.05) is 31.4 Å². The molecule has 0 nitrogen and oxygen atoms in total. The number of rotatable bonds is 1. The fourth-order valence-electron chi connectivity index (χ4n) is 1.47. The Morgan fingerprint density at radius 1 is 1.40 bits per heavy atom. The standard InChI is InChI=1S/C10H18/c1-2-10-8-6-4-3-5-7-9-10/h8H,2-7,9H2,1H3/b10-8-/i8D. The van der Waals surface area contributed by atoms with Crippen LogP contribution in [0.25, 0.3) is 0 Å². The second-order valence-electron chi connectivity index (χ2n) is 3.05. The molecule has 0 bridgehead atoms. The molecule has 0 unspecified atom stereocenters. The predicted octanol–water partition coefficient (Wildman–Crippen LogP) is 3.68. The zero-order valence-corrected chi connectivity index (χ0v) is 6.95. The monoisotopic (exact) mass is 139 g/mol. The molecule has 0 spiro atoms. The minimum Gasteiger partial charge on any atom is -0.0853 e. The Morgan fingerprint density at radius 3 is 3.00 bits per heavy atom. The minimum atomic E-state index is 0.937. The summed E-state index contributed by atoms with van der Waals surface area (Å²) < 4.78 is 7.75. The Bertz CT molecular complexity index is 147. The summed E-state index contributed by atoms with van der Waals surface area (Å²) >= 11 is 0. The summed E-state index contributed by atoms with van der Waals surface area (Å²) in [4.78, 5) is 0. The lowest BCUT2D eigenvalue weighted by Crippen LogP contribution is -1.88. The topological polar surface area (TPSA) is 0 Å². The molecule has 0 aromatic rings. The zero-order valence-electron chi connectivity index (χ0n) is 7.95. The predicted molar refractivity (Wildman–Crippen MR) is 46.1 cm³/mol. The van der Waals surface area contributed by atoms with Gasteiger partial charge in [0.1, 0.15) is 0 Å². The molecule has 10 heavy (non-hydrogen) atoms. The van der Waals surface area contributed by atoms with Crippen LogP contribution in [0.15, 0.2) is 11.6 Å². The molecule has 0 aromatic heterocycles. The van der Waals surface area contributed by atoms with E-state index in [0.29, 0.717) is 0 Å². The first kappa shape index (κ1) is 6.45. The van der Waals surface area contributed by atoms with E-state index in [0.717, 1.165) is 18.9 Å². The number of allylic oxidation sites excluding steroid dienone is 2. The Morgan fingerprint density at radius 2 is 2.20 bits per heavy atom. The van der Waals surface area contributed by atoms with E-state index in [2.05, 4.69) is 6.92 Å². The lowest BCUT2D eigenvalue weighted by atomic mass is 9.99. The van der Waals surface area contributed by atoms with Crippen LogP contribution in [0.3, 0.4) is 0 Å². The van der Waals surface area contributed by atoms with Crippen LogP contribution in [0.2, 0.25) is 0 Å². The van der Waals surface area contributed by atoms with Gasteiger partial charge in [0, 0.05) is 0 Å². The maximum Gasteiger partial charge on any atom is 0.0575 e. The molecule has 0 amide bonds. The molecule has 0 aliphatic heterocycles. The van der Waals surface area contributed by atoms with Crippen molar-refractivity contribution in [2.24, 2.45) is 0 Å². The van der Waals surface area contributed by atoms with E-state index < -0.39 is 0 Å². The Balaban J connectivity index is 2.56. The summed E-state index contributed by atoms with van der Waals surface area (Å²) in [6.07, 6.45) is 8.57. The van der Waals surface area contributed by atoms with Gasteiger partial charge in [0.2, 0.25) is 0 Å². The molecule has 0 atom stereocenters. The van der Waals surface area contributed by atoms with Crippen LogP contribution in [-0.2, 0) is 0 Å². The third-order valence-electron chi connectivity index (χ3n) is 2.21. The summed E-state index contributed by atoms with van der Waals surface area (Å²) in [6.45, 7) is 2.17. The van der Waals surface area contributed by atoms with Crippen molar-refractivity contribution in [3.8, 4) is 0 Å². The van der Waals surface area contributed by atoms with Crippen molar-refractivity contribution in [1.82, 2.24) is 0 Å². The lowest BCUT2D eigenvalue weighted by molar-refractivity contribution is 0.618. The van der Waals surface area contributed by atoms with Gasteiger partial charge in [0.25, 0.3) is 0 Å². The molecule has 0 radical (unpaired) electrons. The first-order chi connectivity index (χ1) is 5.34. The highest BCUT2D eigenvalue weighted by atomic mass is 14.0. The van der Waals surface area contributed by atoms with Gasteiger partial charge in [-0.15, -0.1) is 0 Å². The fraction of sp³-hybridized carbons (Fsp3) is 0.800. The first-order valence-electron chi connectivity index (χ1n) is 5.02. The third kappa shape index (κ3) is 2.55. The molecule has 0 heteroatoms. The molecule has 0 saturated carbocycles. The normalized spacial score (nSPS) is 30.7. The van der Waals surface area contributed by atoms with Gasteiger partial charge >= 0.3 is 0 Å². The third-order valence-corrected chi connectivity index (χ3v) is 2.21. The van der Waals surface area contributed by atoms with E-state index in [4.69, 9.17) is 1.37 Å². The van der Waals surface area contributed by atoms with E-state index in [1.807, 2.05) is 0 Å². The summed E-state index contributed by atoms with van der Waals surface area (Å²) in [5.41, 5.74) is 1.41. The number of hydrogen-bond donors (Lipinski definition) is 0. The van der Waals surface area contributed by atoms with Crippen LogP contribution in [0.1, 0.15) is 53.2 Å². The van der Waals surface area contributed by atoms with Gasteiger partial charge in [-0.3, -0.25) is 0 Å². The molecule has 1 aliphatic carbocycles. The van der Waals surface area contributed by atoms with Crippen LogP contribution in [0, 0.1) is 0 Å². The molecule has 1 aliphatic rings. The van der Waals surface area contributed by atoms with Crippen molar-refractivity contribution in [2.75, 3.05) is 0 Å². The maximum atomic E-state index is 7.75. The molecule has 0 heterocycles. The van der Waals surface area contributed by atoms with Gasteiger partial charge < -0.3 is 0 Å². The quantitative estimate of drug-likeness (QED) is 0.486. The van der Waals surface area contributed by atoms with Crippen molar-refractivity contribution in [1.29, 1.82) is 0 Å². The maximum absolute atomic E-state index is 7.75. The Hall–Kier alpha value is -0.260. The van der Waals surface area contributed by atoms with Gasteiger partial charge in [-0.2, -0.15) is 0 Å². The van der Waals surface area contributed by atoms with Crippen LogP contribution < -0.4 is 0 Å². The van der Waals surface area contributed by atoms with Gasteiger partial charge in [0.05, 0.1) is 1.37 Å². The van der Waals surface area contributed by atoms with E-state index in [9.17, 15) is 0 Å². The van der Waals surface area contributed by atoms with E-state index >= 15 is 0 Å². The van der Waals surface area contributed by atoms with E-state index in [-0.39, 0.29) is 0 Å². The van der Waals surface area contributed by atoms with Gasteiger partial charge in [0.15, 0.2) is 0 Å². The largest absolute Gasteiger partial charge is 0.0853 e. The van der Waals surface area contributed by atoms with Crippen LogP contribution in [0.5, 0.6) is 0 Å². The SMILES string of the molecule is [2H]/C1=C(\CC)CCCCCC1. The summed E-state index contributed by atoms with van der Waals surface area (Å²) in [6, 6.07) is 0.937. The second-order valence-corrected chi connectivity index (χ2v) is 3.05. The molecular weight excluding hydrogens is 120 g/mol. The van der Waals surface area contributed by atoms with Crippen molar-refractivity contribution >= 4 is 0 Å². The number of hydrogen-bond acceptors (Lipinski definition) is 0. The lowest BCUT2D eigenvalue weighted by Gasteiger charge is -2.08. The minimum absolute atomic E-state index is 0.937. The highest BCUT2D eigenvalue weighted by Crippen LogP contribution is 2.18. The molecule has 58 valence electrons. The fourth-order valence-corrected chi connectivity index (χ4v) is 1.47. The summed E-state index contributed by atoms with van der Waals surface area (Å²) in [5, 5.41) is 0. The van der Waals surface area contributed by atoms with E-state index in [1.165, 1.54) is 37.7 Å². The van der Waals surface area contributed by atoms with Crippen molar-refractivity contribution in [3.63, 3.8) is 0 Å². The molecule has 0 N–H and O–H groups in total. The molecule has 0 aromatic carbocycles. The summed E-state index contributed by atoms with van der Waals surface area (Å²) in [5.74, 6) is 0. The van der Waals surface area contributed by atoms with Crippen molar-refractivity contribution in [2.45, 2.75) is 51.9 Å². The van der Waals surface area contributed by atoms with Gasteiger partial charge in [-0.25, -0.2) is 0 Å². The second kappa shape index (κ2) is 4.54. The van der Waals surface area contributed by atoms with Crippen LogP contribution in [0.4, 0.5) is 0 Å². The Kier molecular flexibility index (Phi) is 2.93. The van der Waals surface area contributed by atoms with Crippen LogP contribution in [-0.4, -0.2) is 0 Å². The van der Waals surface area contributed by atoms with Crippen LogP contribution >= 0.6 is 0 Å².